The number of rotatable bonds is 9. The van der Waals surface area contributed by atoms with Crippen LogP contribution in [-0.2, 0) is 9.53 Å². The second-order valence-electron chi connectivity index (χ2n) is 5.52. The van der Waals surface area contributed by atoms with Gasteiger partial charge in [-0.05, 0) is 24.0 Å². The van der Waals surface area contributed by atoms with Crippen LogP contribution < -0.4 is 0 Å². The molecule has 0 aliphatic carbocycles. The van der Waals surface area contributed by atoms with Crippen LogP contribution in [-0.4, -0.2) is 18.4 Å². The van der Waals surface area contributed by atoms with Crippen LogP contribution in [0.25, 0.3) is 11.1 Å². The van der Waals surface area contributed by atoms with Gasteiger partial charge in [0.15, 0.2) is 5.78 Å². The highest BCUT2D eigenvalue weighted by Gasteiger charge is 2.10. The topological polar surface area (TPSA) is 43.4 Å². The fraction of sp³-hybridized carbons (Fsp3) is 0.238. The normalized spacial score (nSPS) is 10.2. The lowest BCUT2D eigenvalue weighted by Gasteiger charge is -2.05. The standard InChI is InChI=1S/C21H22O3/c1-2-3-7-16-24-21(23)15-14-20(22)19-12-10-18(11-13-19)17-8-5-4-6-9-17/h2,4-6,8-13H,1,3,7,14-16H2. The summed E-state index contributed by atoms with van der Waals surface area (Å²) in [7, 11) is 0. The summed E-state index contributed by atoms with van der Waals surface area (Å²) < 4.78 is 5.07. The Labute approximate surface area is 143 Å². The number of Topliss-reactive ketones (excluding diaryl/α,β-unsaturated/α-hetero) is 1. The number of carbonyl (C=O) groups is 2. The average molecular weight is 322 g/mol. The molecule has 0 heterocycles. The van der Waals surface area contributed by atoms with E-state index in [1.54, 1.807) is 18.2 Å². The Bertz CT molecular complexity index is 672. The van der Waals surface area contributed by atoms with Crippen LogP contribution in [0.2, 0.25) is 0 Å². The minimum absolute atomic E-state index is 0.0438. The van der Waals surface area contributed by atoms with Crippen molar-refractivity contribution in [3.63, 3.8) is 0 Å². The number of hydrogen-bond donors (Lipinski definition) is 0. The molecular formula is C21H22O3. The van der Waals surface area contributed by atoms with Gasteiger partial charge in [-0.25, -0.2) is 0 Å². The van der Waals surface area contributed by atoms with Gasteiger partial charge in [0.05, 0.1) is 13.0 Å². The molecular weight excluding hydrogens is 300 g/mol. The van der Waals surface area contributed by atoms with E-state index in [1.807, 2.05) is 42.5 Å². The van der Waals surface area contributed by atoms with E-state index in [-0.39, 0.29) is 24.6 Å². The molecule has 0 N–H and O–H groups in total. The molecule has 0 aromatic heterocycles. The van der Waals surface area contributed by atoms with E-state index in [0.717, 1.165) is 24.0 Å². The monoisotopic (exact) mass is 322 g/mol. The molecule has 0 radical (unpaired) electrons. The summed E-state index contributed by atoms with van der Waals surface area (Å²) >= 11 is 0. The summed E-state index contributed by atoms with van der Waals surface area (Å²) in [5.74, 6) is -0.369. The van der Waals surface area contributed by atoms with Crippen molar-refractivity contribution in [1.82, 2.24) is 0 Å². The average Bonchev–Trinajstić information content (AvgIpc) is 2.64. The minimum Gasteiger partial charge on any atom is -0.466 e. The van der Waals surface area contributed by atoms with Crippen molar-refractivity contribution >= 4 is 11.8 Å². The smallest absolute Gasteiger partial charge is 0.306 e. The summed E-state index contributed by atoms with van der Waals surface area (Å²) in [6.45, 7) is 3.99. The summed E-state index contributed by atoms with van der Waals surface area (Å²) in [4.78, 5) is 23.7. The van der Waals surface area contributed by atoms with E-state index >= 15 is 0 Å². The number of esters is 1. The first-order valence-electron chi connectivity index (χ1n) is 8.16. The molecule has 0 spiro atoms. The van der Waals surface area contributed by atoms with Crippen LogP contribution in [0, 0.1) is 0 Å². The van der Waals surface area contributed by atoms with Gasteiger partial charge in [0.2, 0.25) is 0 Å². The van der Waals surface area contributed by atoms with Crippen LogP contribution in [0.3, 0.4) is 0 Å². The van der Waals surface area contributed by atoms with E-state index in [9.17, 15) is 9.59 Å². The van der Waals surface area contributed by atoms with E-state index in [1.165, 1.54) is 0 Å². The fourth-order valence-corrected chi connectivity index (χ4v) is 2.32. The predicted molar refractivity (Wildman–Crippen MR) is 95.8 cm³/mol. The first kappa shape index (κ1) is 17.7. The molecule has 0 amide bonds. The van der Waals surface area contributed by atoms with Crippen LogP contribution in [0.15, 0.2) is 67.3 Å². The number of hydrogen-bond acceptors (Lipinski definition) is 3. The van der Waals surface area contributed by atoms with E-state index in [0.29, 0.717) is 12.2 Å². The van der Waals surface area contributed by atoms with Crippen LogP contribution >= 0.6 is 0 Å². The van der Waals surface area contributed by atoms with Crippen LogP contribution in [0.4, 0.5) is 0 Å². The molecule has 0 aliphatic heterocycles. The van der Waals surface area contributed by atoms with Gasteiger partial charge in [-0.2, -0.15) is 0 Å². The third-order valence-electron chi connectivity index (χ3n) is 3.69. The summed E-state index contributed by atoms with van der Waals surface area (Å²) in [6.07, 6.45) is 3.67. The molecule has 0 bridgehead atoms. The lowest BCUT2D eigenvalue weighted by molar-refractivity contribution is -0.143. The quantitative estimate of drug-likeness (QED) is 0.287. The first-order valence-corrected chi connectivity index (χ1v) is 8.16. The molecule has 0 saturated heterocycles. The predicted octanol–water partition coefficient (Wildman–Crippen LogP) is 4.83. The molecule has 0 unspecified atom stereocenters. The zero-order valence-electron chi connectivity index (χ0n) is 13.7. The van der Waals surface area contributed by atoms with Crippen molar-refractivity contribution in [3.8, 4) is 11.1 Å². The van der Waals surface area contributed by atoms with Gasteiger partial charge in [-0.15, -0.1) is 6.58 Å². The van der Waals surface area contributed by atoms with Gasteiger partial charge in [0, 0.05) is 12.0 Å². The number of unbranched alkanes of at least 4 members (excludes halogenated alkanes) is 1. The maximum Gasteiger partial charge on any atom is 0.306 e. The highest BCUT2D eigenvalue weighted by atomic mass is 16.5. The second kappa shape index (κ2) is 9.46. The third kappa shape index (κ3) is 5.51. The Kier molecular flexibility index (Phi) is 6.96. The van der Waals surface area contributed by atoms with E-state index in [4.69, 9.17) is 4.74 Å². The summed E-state index contributed by atoms with van der Waals surface area (Å²) in [5, 5.41) is 0. The van der Waals surface area contributed by atoms with Gasteiger partial charge < -0.3 is 4.74 Å². The fourth-order valence-electron chi connectivity index (χ4n) is 2.32. The first-order chi connectivity index (χ1) is 11.7. The molecule has 3 nitrogen and oxygen atoms in total. The van der Waals surface area contributed by atoms with Crippen LogP contribution in [0.5, 0.6) is 0 Å². The number of ketones is 1. The van der Waals surface area contributed by atoms with Crippen molar-refractivity contribution in [2.75, 3.05) is 6.61 Å². The molecule has 0 fully saturated rings. The van der Waals surface area contributed by atoms with Gasteiger partial charge in [-0.3, -0.25) is 9.59 Å². The van der Waals surface area contributed by atoms with Crippen molar-refractivity contribution in [3.05, 3.63) is 72.8 Å². The van der Waals surface area contributed by atoms with Gasteiger partial charge in [0.1, 0.15) is 0 Å². The molecule has 3 heteroatoms. The maximum absolute atomic E-state index is 12.2. The second-order valence-corrected chi connectivity index (χ2v) is 5.52. The summed E-state index contributed by atoms with van der Waals surface area (Å²) in [5.41, 5.74) is 2.79. The lowest BCUT2D eigenvalue weighted by atomic mass is 10.0. The van der Waals surface area contributed by atoms with Gasteiger partial charge in [0.25, 0.3) is 0 Å². The Morgan fingerprint density at radius 1 is 0.917 bits per heavy atom. The number of ether oxygens (including phenoxy) is 1. The van der Waals surface area contributed by atoms with E-state index < -0.39 is 0 Å². The molecule has 0 aliphatic rings. The molecule has 0 atom stereocenters. The Morgan fingerprint density at radius 2 is 1.58 bits per heavy atom. The highest BCUT2D eigenvalue weighted by Crippen LogP contribution is 2.20. The lowest BCUT2D eigenvalue weighted by Crippen LogP contribution is -2.09. The molecule has 2 aromatic carbocycles. The Hall–Kier alpha value is -2.68. The molecule has 124 valence electrons. The molecule has 2 aromatic rings. The number of carbonyl (C=O) groups excluding carboxylic acids is 2. The van der Waals surface area contributed by atoms with Crippen molar-refractivity contribution in [1.29, 1.82) is 0 Å². The summed E-state index contributed by atoms with van der Waals surface area (Å²) in [6, 6.07) is 17.5. The molecule has 24 heavy (non-hydrogen) atoms. The van der Waals surface area contributed by atoms with Crippen molar-refractivity contribution < 1.29 is 14.3 Å². The zero-order chi connectivity index (χ0) is 17.2. The van der Waals surface area contributed by atoms with E-state index in [2.05, 4.69) is 6.58 Å². The molecule has 0 saturated carbocycles. The number of allylic oxidation sites excluding steroid dienone is 1. The third-order valence-corrected chi connectivity index (χ3v) is 3.69. The highest BCUT2D eigenvalue weighted by molar-refractivity contribution is 5.97. The van der Waals surface area contributed by atoms with Crippen molar-refractivity contribution in [2.24, 2.45) is 0 Å². The Morgan fingerprint density at radius 3 is 2.25 bits per heavy atom. The van der Waals surface area contributed by atoms with Crippen LogP contribution in [0.1, 0.15) is 36.0 Å². The number of benzene rings is 2. The van der Waals surface area contributed by atoms with Gasteiger partial charge >= 0.3 is 5.97 Å². The minimum atomic E-state index is -0.326. The zero-order valence-corrected chi connectivity index (χ0v) is 13.7. The van der Waals surface area contributed by atoms with Crippen molar-refractivity contribution in [2.45, 2.75) is 25.7 Å². The largest absolute Gasteiger partial charge is 0.466 e. The van der Waals surface area contributed by atoms with Gasteiger partial charge in [-0.1, -0.05) is 60.7 Å². The SMILES string of the molecule is C=CCCCOC(=O)CCC(=O)c1ccc(-c2ccccc2)cc1. The maximum atomic E-state index is 12.2. The Balaban J connectivity index is 1.82. The molecule has 2 rings (SSSR count).